The molecule has 1 saturated carbocycles. The number of hydrogen-bond acceptors (Lipinski definition) is 2. The first-order valence-corrected chi connectivity index (χ1v) is 7.24. The Labute approximate surface area is 115 Å². The number of hydrogen-bond donors (Lipinski definition) is 1. The van der Waals surface area contributed by atoms with Gasteiger partial charge in [-0.15, -0.1) is 11.8 Å². The monoisotopic (exact) mass is 289 g/mol. The zero-order valence-corrected chi connectivity index (χ0v) is 11.5. The minimum atomic E-state index is 0.0537. The van der Waals surface area contributed by atoms with E-state index >= 15 is 0 Å². The van der Waals surface area contributed by atoms with Gasteiger partial charge in [-0.1, -0.05) is 23.2 Å². The van der Waals surface area contributed by atoms with Crippen LogP contribution in [-0.4, -0.2) is 18.2 Å². The summed E-state index contributed by atoms with van der Waals surface area (Å²) in [7, 11) is 0. The first kappa shape index (κ1) is 13.1. The van der Waals surface area contributed by atoms with E-state index in [4.69, 9.17) is 23.2 Å². The van der Waals surface area contributed by atoms with Crippen molar-refractivity contribution in [2.75, 3.05) is 12.3 Å². The van der Waals surface area contributed by atoms with Crippen LogP contribution in [0.2, 0.25) is 10.0 Å². The minimum Gasteiger partial charge on any atom is -0.355 e. The third-order valence-corrected chi connectivity index (χ3v) is 4.27. The molecule has 1 aliphatic carbocycles. The summed E-state index contributed by atoms with van der Waals surface area (Å²) < 4.78 is 0. The second kappa shape index (κ2) is 5.98. The van der Waals surface area contributed by atoms with Crippen molar-refractivity contribution in [2.45, 2.75) is 17.7 Å². The number of carbonyl (C=O) groups is 1. The molecule has 1 N–H and O–H groups in total. The van der Waals surface area contributed by atoms with E-state index in [1.54, 1.807) is 18.2 Å². The number of rotatable bonds is 5. The van der Waals surface area contributed by atoms with Crippen LogP contribution in [0.5, 0.6) is 0 Å². The normalized spacial score (nSPS) is 14.7. The summed E-state index contributed by atoms with van der Waals surface area (Å²) in [5.74, 6) is 1.14. The number of amides is 1. The summed E-state index contributed by atoms with van der Waals surface area (Å²) >= 11 is 13.3. The zero-order valence-electron chi connectivity index (χ0n) is 9.21. The van der Waals surface area contributed by atoms with Gasteiger partial charge in [0.05, 0.1) is 10.8 Å². The van der Waals surface area contributed by atoms with Crippen LogP contribution in [0.25, 0.3) is 0 Å². The van der Waals surface area contributed by atoms with Crippen molar-refractivity contribution in [1.29, 1.82) is 0 Å². The van der Waals surface area contributed by atoms with Crippen LogP contribution < -0.4 is 5.32 Å². The van der Waals surface area contributed by atoms with Crippen molar-refractivity contribution in [3.8, 4) is 0 Å². The molecule has 0 heterocycles. The Morgan fingerprint density at radius 3 is 2.88 bits per heavy atom. The van der Waals surface area contributed by atoms with Gasteiger partial charge in [-0.3, -0.25) is 4.79 Å². The number of nitrogens with one attached hydrogen (secondary N) is 1. The molecule has 0 radical (unpaired) electrons. The lowest BCUT2D eigenvalue weighted by Gasteiger charge is -2.05. The van der Waals surface area contributed by atoms with Crippen LogP contribution in [0, 0.1) is 5.92 Å². The van der Waals surface area contributed by atoms with E-state index in [9.17, 15) is 4.79 Å². The predicted molar refractivity (Wildman–Crippen MR) is 72.9 cm³/mol. The van der Waals surface area contributed by atoms with E-state index in [2.05, 4.69) is 5.32 Å². The summed E-state index contributed by atoms with van der Waals surface area (Å²) in [5.41, 5.74) is 0. The molecular formula is C12H13Cl2NOS. The van der Waals surface area contributed by atoms with Crippen molar-refractivity contribution in [3.05, 3.63) is 28.2 Å². The highest BCUT2D eigenvalue weighted by atomic mass is 35.5. The van der Waals surface area contributed by atoms with Crippen LogP contribution in [0.3, 0.4) is 0 Å². The van der Waals surface area contributed by atoms with Gasteiger partial charge in [0.2, 0.25) is 5.91 Å². The molecule has 1 fully saturated rings. The van der Waals surface area contributed by atoms with Crippen molar-refractivity contribution in [2.24, 2.45) is 5.92 Å². The maximum atomic E-state index is 11.5. The number of halogens is 2. The largest absolute Gasteiger partial charge is 0.355 e. The van der Waals surface area contributed by atoms with Crippen molar-refractivity contribution >= 4 is 40.9 Å². The zero-order chi connectivity index (χ0) is 12.3. The summed E-state index contributed by atoms with van der Waals surface area (Å²) in [4.78, 5) is 12.4. The molecule has 0 unspecified atom stereocenters. The molecule has 0 bridgehead atoms. The van der Waals surface area contributed by atoms with E-state index in [0.29, 0.717) is 21.7 Å². The first-order chi connectivity index (χ1) is 8.15. The SMILES string of the molecule is O=C(CSc1cc(Cl)ccc1Cl)NCC1CC1. The van der Waals surface area contributed by atoms with Gasteiger partial charge in [0.15, 0.2) is 0 Å². The lowest BCUT2D eigenvalue weighted by Crippen LogP contribution is -2.27. The topological polar surface area (TPSA) is 29.1 Å². The predicted octanol–water partition coefficient (Wildman–Crippen LogP) is 3.61. The summed E-state index contributed by atoms with van der Waals surface area (Å²) in [6.07, 6.45) is 2.49. The van der Waals surface area contributed by atoms with Gasteiger partial charge >= 0.3 is 0 Å². The van der Waals surface area contributed by atoms with E-state index < -0.39 is 0 Å². The molecule has 0 saturated heterocycles. The fraction of sp³-hybridized carbons (Fsp3) is 0.417. The van der Waals surface area contributed by atoms with Crippen LogP contribution >= 0.6 is 35.0 Å². The Morgan fingerprint density at radius 1 is 1.41 bits per heavy atom. The first-order valence-electron chi connectivity index (χ1n) is 5.49. The molecule has 1 aromatic rings. The van der Waals surface area contributed by atoms with Crippen LogP contribution in [0.4, 0.5) is 0 Å². The molecule has 0 spiro atoms. The Hall–Kier alpha value is -0.380. The van der Waals surface area contributed by atoms with Crippen molar-refractivity contribution in [1.82, 2.24) is 5.32 Å². The van der Waals surface area contributed by atoms with Gasteiger partial charge in [-0.25, -0.2) is 0 Å². The smallest absolute Gasteiger partial charge is 0.230 e. The maximum absolute atomic E-state index is 11.5. The molecule has 1 aliphatic rings. The molecule has 2 nitrogen and oxygen atoms in total. The molecule has 1 amide bonds. The molecule has 2 rings (SSSR count). The molecule has 0 aromatic heterocycles. The Morgan fingerprint density at radius 2 is 2.18 bits per heavy atom. The number of benzene rings is 1. The maximum Gasteiger partial charge on any atom is 0.230 e. The lowest BCUT2D eigenvalue weighted by molar-refractivity contribution is -0.118. The standard InChI is InChI=1S/C12H13Cl2NOS/c13-9-3-4-10(14)11(5-9)17-7-12(16)15-6-8-1-2-8/h3-5,8H,1-2,6-7H2,(H,15,16). The van der Waals surface area contributed by atoms with Crippen molar-refractivity contribution < 1.29 is 4.79 Å². The number of thioether (sulfide) groups is 1. The fourth-order valence-electron chi connectivity index (χ4n) is 1.36. The Bertz CT molecular complexity index is 421. The van der Waals surface area contributed by atoms with Crippen LogP contribution in [0.1, 0.15) is 12.8 Å². The highest BCUT2D eigenvalue weighted by Gasteiger charge is 2.21. The van der Waals surface area contributed by atoms with Crippen LogP contribution in [-0.2, 0) is 4.79 Å². The van der Waals surface area contributed by atoms with Gasteiger partial charge < -0.3 is 5.32 Å². The molecule has 92 valence electrons. The summed E-state index contributed by atoms with van der Waals surface area (Å²) in [6.45, 7) is 0.808. The minimum absolute atomic E-state index is 0.0537. The van der Waals surface area contributed by atoms with E-state index in [1.807, 2.05) is 0 Å². The van der Waals surface area contributed by atoms with E-state index in [-0.39, 0.29) is 5.91 Å². The second-order valence-electron chi connectivity index (χ2n) is 4.11. The molecule has 0 aliphatic heterocycles. The molecule has 5 heteroatoms. The summed E-state index contributed by atoms with van der Waals surface area (Å²) in [5, 5.41) is 4.18. The third kappa shape index (κ3) is 4.41. The van der Waals surface area contributed by atoms with Gasteiger partial charge in [-0.2, -0.15) is 0 Å². The number of carbonyl (C=O) groups excluding carboxylic acids is 1. The highest BCUT2D eigenvalue weighted by Crippen LogP contribution is 2.30. The van der Waals surface area contributed by atoms with Gasteiger partial charge in [0.25, 0.3) is 0 Å². The average molecular weight is 290 g/mol. The average Bonchev–Trinajstić information content (AvgIpc) is 3.11. The van der Waals surface area contributed by atoms with E-state index in [1.165, 1.54) is 24.6 Å². The van der Waals surface area contributed by atoms with Crippen molar-refractivity contribution in [3.63, 3.8) is 0 Å². The summed E-state index contributed by atoms with van der Waals surface area (Å²) in [6, 6.07) is 5.26. The molecule has 1 aromatic carbocycles. The Kier molecular flexibility index (Phi) is 4.60. The van der Waals surface area contributed by atoms with Gasteiger partial charge in [-0.05, 0) is 37.0 Å². The Balaban J connectivity index is 1.79. The van der Waals surface area contributed by atoms with Gasteiger partial charge in [0, 0.05) is 16.5 Å². The highest BCUT2D eigenvalue weighted by molar-refractivity contribution is 8.00. The second-order valence-corrected chi connectivity index (χ2v) is 5.97. The molecule has 0 atom stereocenters. The van der Waals surface area contributed by atoms with E-state index in [0.717, 1.165) is 11.4 Å². The molecule has 17 heavy (non-hydrogen) atoms. The third-order valence-electron chi connectivity index (χ3n) is 2.54. The molecular weight excluding hydrogens is 277 g/mol. The fourth-order valence-corrected chi connectivity index (χ4v) is 2.69. The quantitative estimate of drug-likeness (QED) is 0.839. The van der Waals surface area contributed by atoms with Gasteiger partial charge in [0.1, 0.15) is 0 Å². The lowest BCUT2D eigenvalue weighted by atomic mass is 10.4. The van der Waals surface area contributed by atoms with Crippen LogP contribution in [0.15, 0.2) is 23.1 Å².